The lowest BCUT2D eigenvalue weighted by Crippen LogP contribution is -2.49. The van der Waals surface area contributed by atoms with Crippen LogP contribution in [0, 0.1) is 17.8 Å². The van der Waals surface area contributed by atoms with E-state index < -0.39 is 14.2 Å². The van der Waals surface area contributed by atoms with E-state index >= 15 is 0 Å². The van der Waals surface area contributed by atoms with Gasteiger partial charge >= 0.3 is 6.09 Å². The van der Waals surface area contributed by atoms with Gasteiger partial charge in [-0.2, -0.15) is 4.89 Å². The standard InChI is InChI=1S/C14H23NO3Si/c1-6-17-18-14(16)15-9-13(10-15)8-7-12(2)11-19(3,4)5/h13H,2,6,9-11H2,1,3-5H3. The molecule has 1 amide bonds. The first-order chi connectivity index (χ1) is 8.81. The summed E-state index contributed by atoms with van der Waals surface area (Å²) in [7, 11) is -1.13. The second-order valence-electron chi connectivity index (χ2n) is 5.97. The molecule has 0 radical (unpaired) electrons. The average molecular weight is 281 g/mol. The molecule has 0 N–H and O–H groups in total. The Labute approximate surface area is 116 Å². The van der Waals surface area contributed by atoms with Gasteiger partial charge < -0.3 is 4.90 Å². The molecule has 0 spiro atoms. The maximum atomic E-state index is 11.4. The molecular formula is C14H23NO3Si. The van der Waals surface area contributed by atoms with Crippen molar-refractivity contribution >= 4 is 14.2 Å². The molecule has 0 aromatic heterocycles. The van der Waals surface area contributed by atoms with Gasteiger partial charge in [-0.3, -0.25) is 4.89 Å². The van der Waals surface area contributed by atoms with E-state index in [2.05, 4.69) is 47.8 Å². The Kier molecular flexibility index (Phi) is 5.64. The lowest BCUT2D eigenvalue weighted by Gasteiger charge is -2.34. The Balaban J connectivity index is 2.29. The number of allylic oxidation sites excluding steroid dienone is 1. The van der Waals surface area contributed by atoms with Crippen LogP contribution in [-0.2, 0) is 9.78 Å². The molecule has 0 aromatic carbocycles. The van der Waals surface area contributed by atoms with Crippen molar-refractivity contribution in [3.05, 3.63) is 12.2 Å². The quantitative estimate of drug-likeness (QED) is 0.344. The van der Waals surface area contributed by atoms with Crippen LogP contribution in [0.25, 0.3) is 0 Å². The second kappa shape index (κ2) is 6.78. The van der Waals surface area contributed by atoms with Crippen LogP contribution in [0.5, 0.6) is 0 Å². The molecule has 1 aliphatic rings. The van der Waals surface area contributed by atoms with E-state index in [9.17, 15) is 4.79 Å². The number of nitrogens with zero attached hydrogens (tertiary/aromatic N) is 1. The summed E-state index contributed by atoms with van der Waals surface area (Å²) < 4.78 is 0. The van der Waals surface area contributed by atoms with Gasteiger partial charge in [-0.1, -0.05) is 38.1 Å². The Morgan fingerprint density at radius 2 is 2.05 bits per heavy atom. The van der Waals surface area contributed by atoms with Gasteiger partial charge in [-0.15, -0.1) is 0 Å². The van der Waals surface area contributed by atoms with Gasteiger partial charge in [0.05, 0.1) is 12.5 Å². The van der Waals surface area contributed by atoms with Crippen molar-refractivity contribution in [3.8, 4) is 11.8 Å². The molecule has 5 heteroatoms. The molecule has 0 aromatic rings. The molecule has 0 saturated carbocycles. The Hall–Kier alpha value is -1.25. The van der Waals surface area contributed by atoms with Crippen LogP contribution in [0.1, 0.15) is 6.92 Å². The zero-order valence-electron chi connectivity index (χ0n) is 12.3. The smallest absolute Gasteiger partial charge is 0.303 e. The van der Waals surface area contributed by atoms with Gasteiger partial charge in [0.2, 0.25) is 0 Å². The monoisotopic (exact) mass is 281 g/mol. The Morgan fingerprint density at radius 1 is 1.42 bits per heavy atom. The number of carbonyl (C=O) groups excluding carboxylic acids is 1. The molecule has 0 atom stereocenters. The van der Waals surface area contributed by atoms with Gasteiger partial charge in [0.15, 0.2) is 0 Å². The van der Waals surface area contributed by atoms with Crippen molar-refractivity contribution in [2.75, 3.05) is 19.7 Å². The van der Waals surface area contributed by atoms with Gasteiger partial charge in [-0.05, 0) is 18.5 Å². The molecule has 1 saturated heterocycles. The second-order valence-corrected chi connectivity index (χ2v) is 11.4. The number of hydrogen-bond acceptors (Lipinski definition) is 3. The minimum atomic E-state index is -1.13. The minimum Gasteiger partial charge on any atom is -0.303 e. The highest BCUT2D eigenvalue weighted by Crippen LogP contribution is 2.17. The molecule has 1 heterocycles. The zero-order chi connectivity index (χ0) is 14.5. The third kappa shape index (κ3) is 5.95. The lowest BCUT2D eigenvalue weighted by molar-refractivity contribution is -0.244. The number of amides is 1. The summed E-state index contributed by atoms with van der Waals surface area (Å²) in [6.07, 6.45) is -0.430. The van der Waals surface area contributed by atoms with Crippen LogP contribution in [0.2, 0.25) is 25.7 Å². The summed E-state index contributed by atoms with van der Waals surface area (Å²) in [4.78, 5) is 22.1. The van der Waals surface area contributed by atoms with Crippen LogP contribution >= 0.6 is 0 Å². The summed E-state index contributed by atoms with van der Waals surface area (Å²) in [6.45, 7) is 14.2. The molecule has 4 nitrogen and oxygen atoms in total. The first-order valence-corrected chi connectivity index (χ1v) is 10.3. The van der Waals surface area contributed by atoms with Gasteiger partial charge in [-0.25, -0.2) is 4.79 Å². The number of carbonyl (C=O) groups is 1. The van der Waals surface area contributed by atoms with E-state index in [-0.39, 0.29) is 5.92 Å². The molecule has 0 unspecified atom stereocenters. The van der Waals surface area contributed by atoms with E-state index in [1.807, 2.05) is 0 Å². The maximum Gasteiger partial charge on any atom is 0.441 e. The largest absolute Gasteiger partial charge is 0.441 e. The summed E-state index contributed by atoms with van der Waals surface area (Å²) in [5.41, 5.74) is 1.01. The molecular weight excluding hydrogens is 258 g/mol. The molecule has 106 valence electrons. The SMILES string of the molecule is C=C(C#CC1CN(C(=O)OOCC)C1)C[Si](C)(C)C. The van der Waals surface area contributed by atoms with E-state index in [1.54, 1.807) is 11.8 Å². The molecule has 1 aliphatic heterocycles. The van der Waals surface area contributed by atoms with Crippen LogP contribution < -0.4 is 0 Å². The normalized spacial score (nSPS) is 15.3. The van der Waals surface area contributed by atoms with Crippen molar-refractivity contribution in [3.63, 3.8) is 0 Å². The van der Waals surface area contributed by atoms with Crippen molar-refractivity contribution in [2.24, 2.45) is 5.92 Å². The lowest BCUT2D eigenvalue weighted by atomic mass is 10.0. The maximum absolute atomic E-state index is 11.4. The summed E-state index contributed by atoms with van der Waals surface area (Å²) in [6, 6.07) is 1.03. The van der Waals surface area contributed by atoms with Gasteiger partial charge in [0, 0.05) is 21.2 Å². The van der Waals surface area contributed by atoms with E-state index in [1.165, 1.54) is 0 Å². The highest BCUT2D eigenvalue weighted by Gasteiger charge is 2.31. The highest BCUT2D eigenvalue weighted by atomic mass is 28.3. The number of likely N-dealkylation sites (tertiary alicyclic amines) is 1. The molecule has 0 aliphatic carbocycles. The molecule has 1 rings (SSSR count). The average Bonchev–Trinajstić information content (AvgIpc) is 2.21. The Bertz CT molecular complexity index is 397. The van der Waals surface area contributed by atoms with Gasteiger partial charge in [0.25, 0.3) is 0 Å². The zero-order valence-corrected chi connectivity index (χ0v) is 13.3. The van der Waals surface area contributed by atoms with Crippen molar-refractivity contribution in [2.45, 2.75) is 32.6 Å². The Morgan fingerprint density at radius 3 is 2.58 bits per heavy atom. The van der Waals surface area contributed by atoms with Crippen LogP contribution in [-0.4, -0.2) is 38.8 Å². The van der Waals surface area contributed by atoms with Crippen LogP contribution in [0.15, 0.2) is 12.2 Å². The summed E-state index contributed by atoms with van der Waals surface area (Å²) in [5, 5.41) is 0. The van der Waals surface area contributed by atoms with Crippen molar-refractivity contribution < 1.29 is 14.6 Å². The third-order valence-electron chi connectivity index (χ3n) is 2.58. The minimum absolute atomic E-state index is 0.229. The highest BCUT2D eigenvalue weighted by molar-refractivity contribution is 6.76. The predicted octanol–water partition coefficient (Wildman–Crippen LogP) is 2.90. The fourth-order valence-electron chi connectivity index (χ4n) is 1.77. The fraction of sp³-hybridized carbons (Fsp3) is 0.643. The number of hydrogen-bond donors (Lipinski definition) is 0. The van der Waals surface area contributed by atoms with Crippen molar-refractivity contribution in [1.82, 2.24) is 4.90 Å². The first-order valence-electron chi connectivity index (χ1n) is 6.59. The molecule has 19 heavy (non-hydrogen) atoms. The molecule has 0 bridgehead atoms. The number of rotatable bonds is 4. The third-order valence-corrected chi connectivity index (χ3v) is 4.07. The fourth-order valence-corrected chi connectivity index (χ4v) is 3.14. The predicted molar refractivity (Wildman–Crippen MR) is 78.2 cm³/mol. The molecule has 1 fully saturated rings. The summed E-state index contributed by atoms with van der Waals surface area (Å²) in [5.74, 6) is 6.52. The first kappa shape index (κ1) is 15.8. The van der Waals surface area contributed by atoms with E-state index in [4.69, 9.17) is 0 Å². The topological polar surface area (TPSA) is 38.8 Å². The van der Waals surface area contributed by atoms with E-state index in [0.29, 0.717) is 19.7 Å². The van der Waals surface area contributed by atoms with E-state index in [0.717, 1.165) is 11.6 Å². The van der Waals surface area contributed by atoms with Crippen LogP contribution in [0.4, 0.5) is 4.79 Å². The van der Waals surface area contributed by atoms with Gasteiger partial charge in [0.1, 0.15) is 0 Å². The summed E-state index contributed by atoms with van der Waals surface area (Å²) >= 11 is 0. The van der Waals surface area contributed by atoms with Crippen LogP contribution in [0.3, 0.4) is 0 Å². The van der Waals surface area contributed by atoms with Crippen molar-refractivity contribution in [1.29, 1.82) is 0 Å².